The molecule has 4 heterocycles. The summed E-state index contributed by atoms with van der Waals surface area (Å²) in [6.07, 6.45) is 1.23. The Bertz CT molecular complexity index is 305. The van der Waals surface area contributed by atoms with Crippen LogP contribution < -0.4 is 0 Å². The van der Waals surface area contributed by atoms with Crippen LogP contribution in [-0.2, 0) is 14.2 Å². The Kier molecular flexibility index (Phi) is 1.98. The van der Waals surface area contributed by atoms with E-state index in [1.165, 1.54) is 6.42 Å². The van der Waals surface area contributed by atoms with E-state index < -0.39 is 10.0 Å². The molecule has 0 aromatic rings. The van der Waals surface area contributed by atoms with Crippen molar-refractivity contribution in [3.63, 3.8) is 0 Å². The fourth-order valence-corrected chi connectivity index (χ4v) is 9.04. The Labute approximate surface area is 94.8 Å². The maximum atomic E-state index is 5.80. The molecule has 4 rings (SSSR count). The van der Waals surface area contributed by atoms with E-state index in [9.17, 15) is 0 Å². The fraction of sp³-hybridized carbons (Fsp3) is 0.800. The smallest absolute Gasteiger partial charge is 0.118 e. The van der Waals surface area contributed by atoms with Gasteiger partial charge in [-0.3, -0.25) is 0 Å². The Hall–Kier alpha value is 0.320. The van der Waals surface area contributed by atoms with E-state index in [-0.39, 0.29) is 0 Å². The molecule has 0 amide bonds. The molecule has 0 spiro atoms. The predicted octanol–water partition coefficient (Wildman–Crippen LogP) is 1.84. The highest BCUT2D eigenvalue weighted by molar-refractivity contribution is 8.48. The molecule has 0 N–H and O–H groups in total. The molecule has 3 atom stereocenters. The highest BCUT2D eigenvalue weighted by Gasteiger charge is 2.60. The molecule has 4 aliphatic rings. The van der Waals surface area contributed by atoms with Gasteiger partial charge in [0.15, 0.2) is 0 Å². The summed E-state index contributed by atoms with van der Waals surface area (Å²) in [5, 5.41) is 3.01. The Morgan fingerprint density at radius 1 is 1.20 bits per heavy atom. The molecular formula is C10H14O3S2. The molecule has 4 aliphatic heterocycles. The lowest BCUT2D eigenvalue weighted by atomic mass is 10.4. The molecule has 0 aromatic heterocycles. The van der Waals surface area contributed by atoms with Gasteiger partial charge in [0.1, 0.15) is 5.44 Å². The van der Waals surface area contributed by atoms with Gasteiger partial charge < -0.3 is 14.2 Å². The van der Waals surface area contributed by atoms with Crippen LogP contribution in [0.25, 0.3) is 0 Å². The van der Waals surface area contributed by atoms with Crippen LogP contribution in [0.15, 0.2) is 9.65 Å². The van der Waals surface area contributed by atoms with Crippen molar-refractivity contribution in [1.29, 1.82) is 0 Å². The average molecular weight is 246 g/mol. The summed E-state index contributed by atoms with van der Waals surface area (Å²) in [6, 6.07) is 0. The highest BCUT2D eigenvalue weighted by Crippen LogP contribution is 2.79. The zero-order chi connectivity index (χ0) is 9.88. The van der Waals surface area contributed by atoms with Crippen LogP contribution in [0, 0.1) is 0 Å². The first-order chi connectivity index (χ1) is 7.42. The average Bonchev–Trinajstić information content (AvgIpc) is 2.92. The second-order valence-corrected chi connectivity index (χ2v) is 9.18. The van der Waals surface area contributed by atoms with E-state index in [0.29, 0.717) is 16.1 Å². The summed E-state index contributed by atoms with van der Waals surface area (Å²) in [7, 11) is -0.837. The minimum Gasteiger partial charge on any atom is -0.379 e. The molecule has 15 heavy (non-hydrogen) atoms. The number of hydrogen-bond acceptors (Lipinski definition) is 4. The van der Waals surface area contributed by atoms with Gasteiger partial charge in [0, 0.05) is 15.9 Å². The SMILES string of the molecule is C1=C(S(C2COC2)(C2CCO2)C2CO2)S1. The van der Waals surface area contributed by atoms with Crippen molar-refractivity contribution in [3.8, 4) is 0 Å². The van der Waals surface area contributed by atoms with Crippen molar-refractivity contribution >= 4 is 21.8 Å². The highest BCUT2D eigenvalue weighted by atomic mass is 32.3. The standard InChI is InChI=1S/C10H14O3S2/c1-2-12-8(1)15(9-5-13-9,10-6-14-10)7-3-11-4-7/h6-9H,1-5H2. The molecule has 5 heteroatoms. The van der Waals surface area contributed by atoms with Crippen LogP contribution in [0.4, 0.5) is 0 Å². The molecule has 84 valence electrons. The number of ether oxygens (including phenoxy) is 3. The van der Waals surface area contributed by atoms with Gasteiger partial charge in [0.25, 0.3) is 0 Å². The summed E-state index contributed by atoms with van der Waals surface area (Å²) < 4.78 is 18.4. The lowest BCUT2D eigenvalue weighted by molar-refractivity contribution is -0.00141. The van der Waals surface area contributed by atoms with Gasteiger partial charge in [-0.2, -0.15) is 0 Å². The third-order valence-electron chi connectivity index (χ3n) is 3.55. The van der Waals surface area contributed by atoms with Crippen LogP contribution in [0.3, 0.4) is 0 Å². The van der Waals surface area contributed by atoms with E-state index in [4.69, 9.17) is 14.2 Å². The van der Waals surface area contributed by atoms with Crippen LogP contribution in [-0.4, -0.2) is 42.5 Å². The third kappa shape index (κ3) is 1.21. The van der Waals surface area contributed by atoms with Crippen molar-refractivity contribution < 1.29 is 14.2 Å². The van der Waals surface area contributed by atoms with Crippen molar-refractivity contribution in [1.82, 2.24) is 0 Å². The quantitative estimate of drug-likeness (QED) is 0.708. The molecule has 0 aromatic carbocycles. The molecule has 0 bridgehead atoms. The van der Waals surface area contributed by atoms with E-state index in [1.807, 2.05) is 11.8 Å². The fourth-order valence-electron chi connectivity index (χ4n) is 2.44. The molecular weight excluding hydrogens is 232 g/mol. The zero-order valence-corrected chi connectivity index (χ0v) is 10.0. The maximum absolute atomic E-state index is 5.80. The van der Waals surface area contributed by atoms with Gasteiger partial charge in [-0.25, -0.2) is 0 Å². The largest absolute Gasteiger partial charge is 0.379 e. The Morgan fingerprint density at radius 3 is 2.27 bits per heavy atom. The first kappa shape index (κ1) is 9.36. The van der Waals surface area contributed by atoms with E-state index in [0.717, 1.165) is 26.4 Å². The van der Waals surface area contributed by atoms with Gasteiger partial charge in [-0.05, 0) is 5.41 Å². The zero-order valence-electron chi connectivity index (χ0n) is 8.39. The molecule has 0 saturated carbocycles. The van der Waals surface area contributed by atoms with Gasteiger partial charge in [-0.1, -0.05) is 11.8 Å². The molecule has 3 fully saturated rings. The van der Waals surface area contributed by atoms with Crippen molar-refractivity contribution in [2.24, 2.45) is 0 Å². The van der Waals surface area contributed by atoms with E-state index in [1.54, 1.807) is 4.24 Å². The first-order valence-electron chi connectivity index (χ1n) is 5.40. The van der Waals surface area contributed by atoms with E-state index in [2.05, 4.69) is 5.41 Å². The van der Waals surface area contributed by atoms with Crippen LogP contribution in [0.5, 0.6) is 0 Å². The van der Waals surface area contributed by atoms with Crippen molar-refractivity contribution in [2.45, 2.75) is 22.5 Å². The minimum absolute atomic E-state index is 0.472. The van der Waals surface area contributed by atoms with Gasteiger partial charge >= 0.3 is 0 Å². The lowest BCUT2D eigenvalue weighted by Gasteiger charge is -2.54. The van der Waals surface area contributed by atoms with Gasteiger partial charge in [0.05, 0.1) is 31.9 Å². The normalized spacial score (nSPS) is 44.4. The summed E-state index contributed by atoms with van der Waals surface area (Å²) in [5.74, 6) is 0. The Balaban J connectivity index is 1.70. The second-order valence-electron chi connectivity index (χ2n) is 4.33. The van der Waals surface area contributed by atoms with Gasteiger partial charge in [0.2, 0.25) is 0 Å². The minimum atomic E-state index is -0.837. The first-order valence-corrected chi connectivity index (χ1v) is 8.10. The summed E-state index contributed by atoms with van der Waals surface area (Å²) in [6.45, 7) is 3.74. The number of epoxide rings is 1. The molecule has 3 nitrogen and oxygen atoms in total. The summed E-state index contributed by atoms with van der Waals surface area (Å²) in [5.41, 5.74) is 0.957. The topological polar surface area (TPSA) is 31.0 Å². The van der Waals surface area contributed by atoms with E-state index >= 15 is 0 Å². The van der Waals surface area contributed by atoms with Crippen LogP contribution >= 0.6 is 21.8 Å². The predicted molar refractivity (Wildman–Crippen MR) is 62.0 cm³/mol. The Morgan fingerprint density at radius 2 is 1.93 bits per heavy atom. The lowest BCUT2D eigenvalue weighted by Crippen LogP contribution is -2.48. The summed E-state index contributed by atoms with van der Waals surface area (Å²) >= 11 is 1.91. The maximum Gasteiger partial charge on any atom is 0.118 e. The van der Waals surface area contributed by atoms with Crippen molar-refractivity contribution in [2.75, 3.05) is 26.4 Å². The van der Waals surface area contributed by atoms with Crippen LogP contribution in [0.2, 0.25) is 0 Å². The molecule has 3 saturated heterocycles. The van der Waals surface area contributed by atoms with Crippen molar-refractivity contribution in [3.05, 3.63) is 9.65 Å². The second kappa shape index (κ2) is 3.17. The van der Waals surface area contributed by atoms with Crippen LogP contribution in [0.1, 0.15) is 6.42 Å². The number of hydrogen-bond donors (Lipinski definition) is 0. The third-order valence-corrected chi connectivity index (χ3v) is 9.88. The number of rotatable bonds is 4. The molecule has 0 aliphatic carbocycles. The molecule has 0 radical (unpaired) electrons. The summed E-state index contributed by atoms with van der Waals surface area (Å²) in [4.78, 5) is 0. The molecule has 3 unspecified atom stereocenters. The van der Waals surface area contributed by atoms with Gasteiger partial charge in [-0.15, -0.1) is 10.0 Å². The number of thioether (sulfide) groups is 1. The monoisotopic (exact) mass is 246 g/mol.